The molecule has 8 nitrogen and oxygen atoms in total. The van der Waals surface area contributed by atoms with Crippen LogP contribution in [-0.4, -0.2) is 61.5 Å². The van der Waals surface area contributed by atoms with Crippen LogP contribution in [0, 0.1) is 0 Å². The van der Waals surface area contributed by atoms with Crippen LogP contribution in [0.25, 0.3) is 11.1 Å². The number of nitrogens with zero attached hydrogens (tertiary/aromatic N) is 3. The molecule has 0 radical (unpaired) electrons. The smallest absolute Gasteiger partial charge is 0.294 e. The van der Waals surface area contributed by atoms with Gasteiger partial charge >= 0.3 is 0 Å². The molecule has 3 aromatic rings. The minimum Gasteiger partial charge on any atom is -0.459 e. The van der Waals surface area contributed by atoms with E-state index in [4.69, 9.17) is 9.15 Å². The van der Waals surface area contributed by atoms with Crippen molar-refractivity contribution in [2.24, 2.45) is 0 Å². The molecule has 3 heterocycles. The van der Waals surface area contributed by atoms with Crippen LogP contribution < -0.4 is 9.80 Å². The van der Waals surface area contributed by atoms with Crippen LogP contribution in [0.1, 0.15) is 34.8 Å². The molecule has 1 fully saturated rings. The Morgan fingerprint density at radius 3 is 2.37 bits per heavy atom. The van der Waals surface area contributed by atoms with E-state index in [2.05, 4.69) is 0 Å². The fraction of sp³-hybridized carbons (Fsp3) is 0.296. The summed E-state index contributed by atoms with van der Waals surface area (Å²) in [5.41, 5.74) is 3.59. The van der Waals surface area contributed by atoms with Crippen LogP contribution in [0.5, 0.6) is 0 Å². The summed E-state index contributed by atoms with van der Waals surface area (Å²) in [6.07, 6.45) is 1.47. The third kappa shape index (κ3) is 4.33. The Kier molecular flexibility index (Phi) is 6.13. The number of fused-ring (bicyclic) bond motifs is 1. The van der Waals surface area contributed by atoms with Crippen LogP contribution >= 0.6 is 0 Å². The lowest BCUT2D eigenvalue weighted by Gasteiger charge is -2.40. The highest BCUT2D eigenvalue weighted by Gasteiger charge is 2.35. The molecule has 1 saturated heterocycles. The number of amides is 3. The van der Waals surface area contributed by atoms with Gasteiger partial charge in [0.25, 0.3) is 11.8 Å². The summed E-state index contributed by atoms with van der Waals surface area (Å²) >= 11 is 0. The van der Waals surface area contributed by atoms with E-state index >= 15 is 0 Å². The number of rotatable bonds is 3. The van der Waals surface area contributed by atoms with Gasteiger partial charge in [-0.05, 0) is 54.4 Å². The Morgan fingerprint density at radius 2 is 1.66 bits per heavy atom. The number of hydrogen-bond acceptors (Lipinski definition) is 5. The van der Waals surface area contributed by atoms with Crippen LogP contribution in [0.2, 0.25) is 0 Å². The predicted molar refractivity (Wildman–Crippen MR) is 132 cm³/mol. The van der Waals surface area contributed by atoms with E-state index in [1.54, 1.807) is 26.8 Å². The van der Waals surface area contributed by atoms with E-state index in [0.717, 1.165) is 11.1 Å². The fourth-order valence-electron chi connectivity index (χ4n) is 4.79. The molecule has 1 atom stereocenters. The first-order chi connectivity index (χ1) is 16.9. The van der Waals surface area contributed by atoms with E-state index in [1.807, 2.05) is 49.4 Å². The van der Waals surface area contributed by atoms with Gasteiger partial charge in [0.05, 0.1) is 36.9 Å². The molecule has 2 aromatic carbocycles. The minimum absolute atomic E-state index is 0.0284. The Labute approximate surface area is 203 Å². The third-order valence-electron chi connectivity index (χ3n) is 6.47. The average molecular weight is 474 g/mol. The molecule has 35 heavy (non-hydrogen) atoms. The van der Waals surface area contributed by atoms with Crippen molar-refractivity contribution in [3.8, 4) is 11.1 Å². The Bertz CT molecular complexity index is 1260. The molecule has 180 valence electrons. The zero-order valence-corrected chi connectivity index (χ0v) is 19.8. The molecule has 3 amide bonds. The van der Waals surface area contributed by atoms with Crippen molar-refractivity contribution in [3.63, 3.8) is 0 Å². The zero-order chi connectivity index (χ0) is 24.5. The number of ether oxygens (including phenoxy) is 1. The standard InChI is InChI=1S/C27H27N3O5/c1-18-17-29(27(33)25-7-4-12-35-25)24-16-21(8-9-23(24)30(18)19(2)31)20-5-3-6-22(15-20)26(32)28-10-13-34-14-11-28/h3-9,12,15-16,18H,10-11,13-14,17H2,1-2H3/t18-/m0/s1. The average Bonchev–Trinajstić information content (AvgIpc) is 3.42. The molecule has 0 saturated carbocycles. The molecule has 0 bridgehead atoms. The number of benzene rings is 2. The number of anilines is 2. The number of morpholine rings is 1. The molecular formula is C27H27N3O5. The van der Waals surface area contributed by atoms with E-state index < -0.39 is 0 Å². The van der Waals surface area contributed by atoms with E-state index in [0.29, 0.717) is 49.8 Å². The first-order valence-corrected chi connectivity index (χ1v) is 11.7. The molecule has 0 unspecified atom stereocenters. The molecular weight excluding hydrogens is 446 g/mol. The second kappa shape index (κ2) is 9.38. The Morgan fingerprint density at radius 1 is 0.886 bits per heavy atom. The Balaban J connectivity index is 1.54. The number of carbonyl (C=O) groups excluding carboxylic acids is 3. The second-order valence-electron chi connectivity index (χ2n) is 8.82. The maximum Gasteiger partial charge on any atom is 0.294 e. The third-order valence-corrected chi connectivity index (χ3v) is 6.47. The Hall–Kier alpha value is -3.91. The first-order valence-electron chi connectivity index (χ1n) is 11.7. The summed E-state index contributed by atoms with van der Waals surface area (Å²) in [6, 6.07) is 16.3. The van der Waals surface area contributed by atoms with E-state index in [9.17, 15) is 14.4 Å². The maximum atomic E-state index is 13.3. The first kappa shape index (κ1) is 22.9. The molecule has 5 rings (SSSR count). The van der Waals surface area contributed by atoms with Crippen LogP contribution in [0.3, 0.4) is 0 Å². The van der Waals surface area contributed by atoms with Crippen molar-refractivity contribution < 1.29 is 23.5 Å². The van der Waals surface area contributed by atoms with Crippen molar-refractivity contribution in [3.05, 3.63) is 72.2 Å². The van der Waals surface area contributed by atoms with Crippen LogP contribution in [0.15, 0.2) is 65.3 Å². The second-order valence-corrected chi connectivity index (χ2v) is 8.82. The largest absolute Gasteiger partial charge is 0.459 e. The van der Waals surface area contributed by atoms with Gasteiger partial charge in [0.1, 0.15) is 0 Å². The summed E-state index contributed by atoms with van der Waals surface area (Å²) in [4.78, 5) is 43.9. The topological polar surface area (TPSA) is 83.3 Å². The van der Waals surface area contributed by atoms with Gasteiger partial charge in [-0.2, -0.15) is 0 Å². The number of furan rings is 1. The lowest BCUT2D eigenvalue weighted by Crippen LogP contribution is -2.51. The lowest BCUT2D eigenvalue weighted by atomic mass is 9.98. The molecule has 0 aliphatic carbocycles. The predicted octanol–water partition coefficient (Wildman–Crippen LogP) is 3.82. The van der Waals surface area contributed by atoms with Gasteiger partial charge in [0, 0.05) is 32.1 Å². The fourth-order valence-corrected chi connectivity index (χ4v) is 4.79. The van der Waals surface area contributed by atoms with Gasteiger partial charge < -0.3 is 23.9 Å². The van der Waals surface area contributed by atoms with Gasteiger partial charge in [-0.3, -0.25) is 14.4 Å². The summed E-state index contributed by atoms with van der Waals surface area (Å²) in [5.74, 6) is -0.142. The summed E-state index contributed by atoms with van der Waals surface area (Å²) in [7, 11) is 0. The highest BCUT2D eigenvalue weighted by atomic mass is 16.5. The molecule has 0 N–H and O–H groups in total. The molecule has 2 aliphatic heterocycles. The van der Waals surface area contributed by atoms with Gasteiger partial charge in [-0.15, -0.1) is 0 Å². The van der Waals surface area contributed by atoms with Gasteiger partial charge in [0.15, 0.2) is 5.76 Å². The number of hydrogen-bond donors (Lipinski definition) is 0. The van der Waals surface area contributed by atoms with Gasteiger partial charge in [-0.25, -0.2) is 0 Å². The van der Waals surface area contributed by atoms with Crippen molar-refractivity contribution in [1.29, 1.82) is 0 Å². The molecule has 0 spiro atoms. The normalized spacial score (nSPS) is 17.8. The number of carbonyl (C=O) groups is 3. The van der Waals surface area contributed by atoms with Crippen molar-refractivity contribution in [2.45, 2.75) is 19.9 Å². The summed E-state index contributed by atoms with van der Waals surface area (Å²) in [6.45, 7) is 6.02. The van der Waals surface area contributed by atoms with Crippen molar-refractivity contribution in [1.82, 2.24) is 4.90 Å². The highest BCUT2D eigenvalue weighted by Crippen LogP contribution is 2.39. The quantitative estimate of drug-likeness (QED) is 0.578. The molecule has 8 heteroatoms. The van der Waals surface area contributed by atoms with E-state index in [1.165, 1.54) is 13.2 Å². The summed E-state index contributed by atoms with van der Waals surface area (Å²) in [5, 5.41) is 0. The molecule has 1 aromatic heterocycles. The summed E-state index contributed by atoms with van der Waals surface area (Å²) < 4.78 is 10.7. The highest BCUT2D eigenvalue weighted by molar-refractivity contribution is 6.10. The lowest BCUT2D eigenvalue weighted by molar-refractivity contribution is -0.117. The van der Waals surface area contributed by atoms with Crippen molar-refractivity contribution in [2.75, 3.05) is 42.6 Å². The zero-order valence-electron chi connectivity index (χ0n) is 19.8. The van der Waals surface area contributed by atoms with Gasteiger partial charge in [-0.1, -0.05) is 18.2 Å². The van der Waals surface area contributed by atoms with E-state index in [-0.39, 0.29) is 29.5 Å². The van der Waals surface area contributed by atoms with Gasteiger partial charge in [0.2, 0.25) is 5.91 Å². The maximum absolute atomic E-state index is 13.3. The van der Waals surface area contributed by atoms with Crippen LogP contribution in [-0.2, 0) is 9.53 Å². The minimum atomic E-state index is -0.264. The SMILES string of the molecule is CC(=O)N1c2ccc(-c3cccc(C(=O)N4CCOCC4)c3)cc2N(C(=O)c2ccco2)C[C@@H]1C. The van der Waals surface area contributed by atoms with Crippen molar-refractivity contribution >= 4 is 29.1 Å². The van der Waals surface area contributed by atoms with Crippen LogP contribution in [0.4, 0.5) is 11.4 Å². The molecule has 2 aliphatic rings. The monoisotopic (exact) mass is 473 g/mol.